The number of rotatable bonds is 5. The van der Waals surface area contributed by atoms with Crippen LogP contribution in [-0.2, 0) is 17.8 Å². The van der Waals surface area contributed by atoms with Crippen molar-refractivity contribution < 1.29 is 4.79 Å². The van der Waals surface area contributed by atoms with Crippen LogP contribution in [-0.4, -0.2) is 32.5 Å². The molecule has 1 amide bonds. The Morgan fingerprint density at radius 1 is 1.22 bits per heavy atom. The molecule has 23 heavy (non-hydrogen) atoms. The molecule has 6 heteroatoms. The maximum Gasteiger partial charge on any atom is 0.233 e. The van der Waals surface area contributed by atoms with Gasteiger partial charge in [0.1, 0.15) is 5.82 Å². The van der Waals surface area contributed by atoms with Crippen molar-refractivity contribution in [2.24, 2.45) is 5.92 Å². The summed E-state index contributed by atoms with van der Waals surface area (Å²) >= 11 is 1.55. The lowest BCUT2D eigenvalue weighted by Gasteiger charge is -2.22. The number of amides is 1. The zero-order chi connectivity index (χ0) is 16.1. The molecule has 1 aliphatic carbocycles. The molecule has 1 aliphatic heterocycles. The molecule has 1 fully saturated rings. The van der Waals surface area contributed by atoms with Crippen LogP contribution in [0.15, 0.2) is 5.16 Å². The van der Waals surface area contributed by atoms with Gasteiger partial charge in [0.15, 0.2) is 5.16 Å². The van der Waals surface area contributed by atoms with Crippen LogP contribution in [0.1, 0.15) is 64.1 Å². The molecular weight excluding hydrogens is 308 g/mol. The van der Waals surface area contributed by atoms with Gasteiger partial charge in [-0.2, -0.15) is 0 Å². The van der Waals surface area contributed by atoms with E-state index in [2.05, 4.69) is 20.1 Å². The predicted molar refractivity (Wildman–Crippen MR) is 92.5 cm³/mol. The predicted octanol–water partition coefficient (Wildman–Crippen LogP) is 3.18. The second-order valence-electron chi connectivity index (χ2n) is 6.87. The molecule has 1 aromatic rings. The largest absolute Gasteiger partial charge is 0.355 e. The normalized spacial score (nSPS) is 20.6. The number of carbonyl (C=O) groups is 1. The van der Waals surface area contributed by atoms with E-state index in [0.29, 0.717) is 5.92 Å². The Kier molecular flexibility index (Phi) is 5.97. The fourth-order valence-corrected chi connectivity index (χ4v) is 4.46. The lowest BCUT2D eigenvalue weighted by molar-refractivity contribution is -0.120. The van der Waals surface area contributed by atoms with Crippen LogP contribution in [0.4, 0.5) is 0 Å². The summed E-state index contributed by atoms with van der Waals surface area (Å²) in [6, 6.07) is 0. The molecule has 0 spiro atoms. The Bertz CT molecular complexity index is 525. The number of nitrogens with one attached hydrogen (secondary N) is 1. The summed E-state index contributed by atoms with van der Waals surface area (Å²) in [7, 11) is 0. The van der Waals surface area contributed by atoms with Crippen molar-refractivity contribution in [1.82, 2.24) is 20.1 Å². The van der Waals surface area contributed by atoms with Crippen molar-refractivity contribution in [3.63, 3.8) is 0 Å². The highest BCUT2D eigenvalue weighted by atomic mass is 32.2. The van der Waals surface area contributed by atoms with Gasteiger partial charge in [-0.25, -0.2) is 0 Å². The topological polar surface area (TPSA) is 59.8 Å². The van der Waals surface area contributed by atoms with Gasteiger partial charge >= 0.3 is 0 Å². The first kappa shape index (κ1) is 16.8. The van der Waals surface area contributed by atoms with Crippen LogP contribution in [0.5, 0.6) is 0 Å². The minimum Gasteiger partial charge on any atom is -0.355 e. The molecule has 5 nitrogen and oxygen atoms in total. The number of aryl methyl sites for hydroxylation is 1. The SMILES string of the molecule is C[C@@H](Sc1nnc2n1CCCCC2)C(=O)NCC1CCCCC1. The Labute approximate surface area is 143 Å². The minimum atomic E-state index is -0.116. The second kappa shape index (κ2) is 8.18. The van der Waals surface area contributed by atoms with Crippen molar-refractivity contribution in [3.05, 3.63) is 5.82 Å². The van der Waals surface area contributed by atoms with Gasteiger partial charge in [-0.1, -0.05) is 37.4 Å². The monoisotopic (exact) mass is 336 g/mol. The second-order valence-corrected chi connectivity index (χ2v) is 8.18. The van der Waals surface area contributed by atoms with Crippen LogP contribution < -0.4 is 5.32 Å². The highest BCUT2D eigenvalue weighted by molar-refractivity contribution is 8.00. The fraction of sp³-hybridized carbons (Fsp3) is 0.824. The van der Waals surface area contributed by atoms with E-state index in [9.17, 15) is 4.79 Å². The number of carbonyl (C=O) groups excluding carboxylic acids is 1. The standard InChI is InChI=1S/C17H28N4OS/c1-13(16(22)18-12-14-8-4-2-5-9-14)23-17-20-19-15-10-6-3-7-11-21(15)17/h13-14H,2-12H2,1H3,(H,18,22)/t13-/m1/s1. The average Bonchev–Trinajstić information content (AvgIpc) is 2.81. The molecule has 0 saturated heterocycles. The minimum absolute atomic E-state index is 0.116. The molecule has 3 rings (SSSR count). The first-order valence-electron chi connectivity index (χ1n) is 9.10. The molecule has 1 aromatic heterocycles. The Balaban J connectivity index is 1.51. The van der Waals surface area contributed by atoms with Crippen molar-refractivity contribution in [3.8, 4) is 0 Å². The van der Waals surface area contributed by atoms with Gasteiger partial charge in [-0.3, -0.25) is 4.79 Å². The molecule has 0 radical (unpaired) electrons. The van der Waals surface area contributed by atoms with Gasteiger partial charge < -0.3 is 9.88 Å². The summed E-state index contributed by atoms with van der Waals surface area (Å²) in [6.45, 7) is 3.79. The molecule has 0 bridgehead atoms. The Morgan fingerprint density at radius 2 is 2.00 bits per heavy atom. The first-order chi connectivity index (χ1) is 11.2. The molecule has 0 aromatic carbocycles. The summed E-state index contributed by atoms with van der Waals surface area (Å²) in [4.78, 5) is 12.4. The quantitative estimate of drug-likeness (QED) is 0.839. The van der Waals surface area contributed by atoms with Gasteiger partial charge in [-0.05, 0) is 38.5 Å². The fourth-order valence-electron chi connectivity index (χ4n) is 3.54. The van der Waals surface area contributed by atoms with Crippen LogP contribution in [0.3, 0.4) is 0 Å². The van der Waals surface area contributed by atoms with E-state index in [4.69, 9.17) is 0 Å². The first-order valence-corrected chi connectivity index (χ1v) is 9.98. The number of fused-ring (bicyclic) bond motifs is 1. The van der Waals surface area contributed by atoms with Crippen LogP contribution >= 0.6 is 11.8 Å². The van der Waals surface area contributed by atoms with Gasteiger partial charge in [0.2, 0.25) is 5.91 Å². The van der Waals surface area contributed by atoms with E-state index in [1.165, 1.54) is 51.4 Å². The number of thioether (sulfide) groups is 1. The molecule has 1 N–H and O–H groups in total. The lowest BCUT2D eigenvalue weighted by atomic mass is 9.89. The number of aromatic nitrogens is 3. The molecule has 0 unspecified atom stereocenters. The highest BCUT2D eigenvalue weighted by Crippen LogP contribution is 2.26. The number of nitrogens with zero attached hydrogens (tertiary/aromatic N) is 3. The third kappa shape index (κ3) is 4.49. The molecule has 1 saturated carbocycles. The summed E-state index contributed by atoms with van der Waals surface area (Å²) in [5, 5.41) is 12.5. The van der Waals surface area contributed by atoms with Crippen molar-refractivity contribution >= 4 is 17.7 Å². The van der Waals surface area contributed by atoms with Crippen molar-refractivity contribution in [2.45, 2.75) is 81.7 Å². The Morgan fingerprint density at radius 3 is 2.83 bits per heavy atom. The van der Waals surface area contributed by atoms with E-state index in [1.54, 1.807) is 11.8 Å². The summed E-state index contributed by atoms with van der Waals surface area (Å²) < 4.78 is 2.21. The maximum atomic E-state index is 12.4. The van der Waals surface area contributed by atoms with E-state index in [1.807, 2.05) is 6.92 Å². The average molecular weight is 337 g/mol. The van der Waals surface area contributed by atoms with E-state index >= 15 is 0 Å². The smallest absolute Gasteiger partial charge is 0.233 e. The maximum absolute atomic E-state index is 12.4. The molecule has 2 heterocycles. The third-order valence-corrected chi connectivity index (χ3v) is 6.10. The zero-order valence-corrected chi connectivity index (χ0v) is 14.9. The molecule has 128 valence electrons. The molecule has 1 atom stereocenters. The summed E-state index contributed by atoms with van der Waals surface area (Å²) in [6.07, 6.45) is 11.2. The van der Waals surface area contributed by atoms with E-state index in [0.717, 1.165) is 30.5 Å². The van der Waals surface area contributed by atoms with Gasteiger partial charge in [0.05, 0.1) is 5.25 Å². The zero-order valence-electron chi connectivity index (χ0n) is 14.1. The third-order valence-electron chi connectivity index (χ3n) is 5.02. The van der Waals surface area contributed by atoms with E-state index < -0.39 is 0 Å². The molecular formula is C17H28N4OS. The van der Waals surface area contributed by atoms with Crippen molar-refractivity contribution in [2.75, 3.05) is 6.54 Å². The van der Waals surface area contributed by atoms with Gasteiger partial charge in [0.25, 0.3) is 0 Å². The molecule has 2 aliphatic rings. The van der Waals surface area contributed by atoms with Gasteiger partial charge in [0, 0.05) is 19.5 Å². The Hall–Kier alpha value is -1.04. The van der Waals surface area contributed by atoms with Crippen LogP contribution in [0.25, 0.3) is 0 Å². The van der Waals surface area contributed by atoms with Crippen LogP contribution in [0.2, 0.25) is 0 Å². The van der Waals surface area contributed by atoms with Gasteiger partial charge in [-0.15, -0.1) is 10.2 Å². The van der Waals surface area contributed by atoms with Crippen molar-refractivity contribution in [1.29, 1.82) is 0 Å². The number of hydrogen-bond acceptors (Lipinski definition) is 4. The van der Waals surface area contributed by atoms with E-state index in [-0.39, 0.29) is 11.2 Å². The summed E-state index contributed by atoms with van der Waals surface area (Å²) in [5.74, 6) is 1.89. The summed E-state index contributed by atoms with van der Waals surface area (Å²) in [5.41, 5.74) is 0. The number of hydrogen-bond donors (Lipinski definition) is 1. The highest BCUT2D eigenvalue weighted by Gasteiger charge is 2.22. The van der Waals surface area contributed by atoms with Crippen LogP contribution in [0, 0.1) is 5.92 Å². The lowest BCUT2D eigenvalue weighted by Crippen LogP contribution is -2.35.